The molecule has 5 heteroatoms. The van der Waals surface area contributed by atoms with Gasteiger partial charge in [0.25, 0.3) is 5.56 Å². The van der Waals surface area contributed by atoms with E-state index in [1.807, 2.05) is 0 Å². The molecule has 2 rings (SSSR count). The van der Waals surface area contributed by atoms with Crippen molar-refractivity contribution >= 4 is 5.82 Å². The van der Waals surface area contributed by atoms with Gasteiger partial charge in [-0.25, -0.2) is 4.98 Å². The molecular formula is C16H28N4O. The third kappa shape index (κ3) is 4.06. The molecule has 1 aromatic rings. The minimum absolute atomic E-state index is 0.0435. The first-order valence-electron chi connectivity index (χ1n) is 7.99. The summed E-state index contributed by atoms with van der Waals surface area (Å²) in [6.07, 6.45) is 6.73. The van der Waals surface area contributed by atoms with Crippen LogP contribution in [0.4, 0.5) is 5.82 Å². The van der Waals surface area contributed by atoms with Gasteiger partial charge in [0.15, 0.2) is 5.82 Å². The fourth-order valence-corrected chi connectivity index (χ4v) is 2.80. The Morgan fingerprint density at radius 1 is 1.43 bits per heavy atom. The SMILES string of the molecule is CCCn1ccnc(N2CCCC2CNC(C)(C)C)c1=O. The van der Waals surface area contributed by atoms with Gasteiger partial charge in [-0.15, -0.1) is 0 Å². The summed E-state index contributed by atoms with van der Waals surface area (Å²) in [4.78, 5) is 19.1. The molecule has 0 saturated carbocycles. The van der Waals surface area contributed by atoms with Gasteiger partial charge in [-0.1, -0.05) is 6.92 Å². The maximum Gasteiger partial charge on any atom is 0.293 e. The number of aromatic nitrogens is 2. The van der Waals surface area contributed by atoms with Gasteiger partial charge in [0.1, 0.15) is 0 Å². The molecule has 5 nitrogen and oxygen atoms in total. The molecule has 1 saturated heterocycles. The zero-order chi connectivity index (χ0) is 15.5. The van der Waals surface area contributed by atoms with Crippen LogP contribution in [0.25, 0.3) is 0 Å². The van der Waals surface area contributed by atoms with E-state index in [1.165, 1.54) is 0 Å². The summed E-state index contributed by atoms with van der Waals surface area (Å²) in [7, 11) is 0. The predicted octanol–water partition coefficient (Wildman–Crippen LogP) is 2.01. The van der Waals surface area contributed by atoms with Crippen molar-refractivity contribution in [1.29, 1.82) is 0 Å². The molecule has 2 heterocycles. The number of rotatable bonds is 5. The molecule has 0 bridgehead atoms. The maximum absolute atomic E-state index is 12.5. The van der Waals surface area contributed by atoms with Gasteiger partial charge in [-0.2, -0.15) is 0 Å². The number of nitrogens with one attached hydrogen (secondary N) is 1. The van der Waals surface area contributed by atoms with Crippen LogP contribution < -0.4 is 15.8 Å². The van der Waals surface area contributed by atoms with Crippen LogP contribution in [0.5, 0.6) is 0 Å². The van der Waals surface area contributed by atoms with E-state index >= 15 is 0 Å². The molecule has 0 amide bonds. The largest absolute Gasteiger partial charge is 0.348 e. The highest BCUT2D eigenvalue weighted by Crippen LogP contribution is 2.21. The van der Waals surface area contributed by atoms with Crippen molar-refractivity contribution < 1.29 is 0 Å². The molecule has 1 N–H and O–H groups in total. The molecule has 1 atom stereocenters. The molecule has 118 valence electrons. The summed E-state index contributed by atoms with van der Waals surface area (Å²) >= 11 is 0. The quantitative estimate of drug-likeness (QED) is 0.902. The van der Waals surface area contributed by atoms with Crippen molar-refractivity contribution in [3.8, 4) is 0 Å². The van der Waals surface area contributed by atoms with E-state index in [9.17, 15) is 4.79 Å². The van der Waals surface area contributed by atoms with E-state index in [-0.39, 0.29) is 11.1 Å². The Morgan fingerprint density at radius 2 is 2.19 bits per heavy atom. The monoisotopic (exact) mass is 292 g/mol. The Hall–Kier alpha value is -1.36. The van der Waals surface area contributed by atoms with Gasteiger partial charge in [0, 0.05) is 43.6 Å². The second-order valence-corrected chi connectivity index (χ2v) is 6.87. The van der Waals surface area contributed by atoms with Gasteiger partial charge in [0.2, 0.25) is 0 Å². The van der Waals surface area contributed by atoms with Crippen molar-refractivity contribution in [2.75, 3.05) is 18.0 Å². The second-order valence-electron chi connectivity index (χ2n) is 6.87. The van der Waals surface area contributed by atoms with Gasteiger partial charge < -0.3 is 14.8 Å². The molecule has 1 aromatic heterocycles. The van der Waals surface area contributed by atoms with Crippen molar-refractivity contribution in [3.63, 3.8) is 0 Å². The minimum Gasteiger partial charge on any atom is -0.348 e. The summed E-state index contributed by atoms with van der Waals surface area (Å²) in [5.41, 5.74) is 0.142. The van der Waals surface area contributed by atoms with E-state index < -0.39 is 0 Å². The molecule has 1 fully saturated rings. The van der Waals surface area contributed by atoms with Crippen LogP contribution in [-0.4, -0.2) is 34.2 Å². The Morgan fingerprint density at radius 3 is 2.86 bits per heavy atom. The lowest BCUT2D eigenvalue weighted by atomic mass is 10.1. The smallest absolute Gasteiger partial charge is 0.293 e. The molecular weight excluding hydrogens is 264 g/mol. The highest BCUT2D eigenvalue weighted by Gasteiger charge is 2.28. The lowest BCUT2D eigenvalue weighted by Gasteiger charge is -2.29. The molecule has 1 aliphatic rings. The number of hydrogen-bond donors (Lipinski definition) is 1. The van der Waals surface area contributed by atoms with Crippen LogP contribution in [0.1, 0.15) is 47.0 Å². The van der Waals surface area contributed by atoms with E-state index in [0.717, 1.165) is 38.9 Å². The predicted molar refractivity (Wildman–Crippen MR) is 86.9 cm³/mol. The van der Waals surface area contributed by atoms with Crippen molar-refractivity contribution in [2.24, 2.45) is 0 Å². The summed E-state index contributed by atoms with van der Waals surface area (Å²) in [5, 5.41) is 3.54. The van der Waals surface area contributed by atoms with Crippen LogP contribution in [-0.2, 0) is 6.54 Å². The highest BCUT2D eigenvalue weighted by atomic mass is 16.1. The standard InChI is InChI=1S/C16H28N4O/c1-5-9-19-11-8-17-14(15(19)21)20-10-6-7-13(20)12-18-16(2,3)4/h8,11,13,18H,5-7,9-10,12H2,1-4H3. The molecule has 0 radical (unpaired) electrons. The number of anilines is 1. The van der Waals surface area contributed by atoms with E-state index in [1.54, 1.807) is 17.0 Å². The first-order chi connectivity index (χ1) is 9.92. The van der Waals surface area contributed by atoms with Crippen LogP contribution in [0.2, 0.25) is 0 Å². The van der Waals surface area contributed by atoms with Crippen LogP contribution in [0.15, 0.2) is 17.2 Å². The van der Waals surface area contributed by atoms with Crippen molar-refractivity contribution in [2.45, 2.75) is 65.1 Å². The Kier molecular flexibility index (Phi) is 5.04. The normalized spacial score (nSPS) is 19.2. The van der Waals surface area contributed by atoms with Gasteiger partial charge in [0.05, 0.1) is 0 Å². The number of hydrogen-bond acceptors (Lipinski definition) is 4. The Balaban J connectivity index is 2.16. The third-order valence-corrected chi connectivity index (χ3v) is 3.88. The first-order valence-corrected chi connectivity index (χ1v) is 7.99. The van der Waals surface area contributed by atoms with E-state index in [4.69, 9.17) is 0 Å². The van der Waals surface area contributed by atoms with Crippen LogP contribution >= 0.6 is 0 Å². The topological polar surface area (TPSA) is 50.2 Å². The molecule has 0 aromatic carbocycles. The molecule has 1 aliphatic heterocycles. The van der Waals surface area contributed by atoms with E-state index in [0.29, 0.717) is 11.9 Å². The van der Waals surface area contributed by atoms with Gasteiger partial charge in [-0.3, -0.25) is 4.79 Å². The minimum atomic E-state index is 0.0435. The fourth-order valence-electron chi connectivity index (χ4n) is 2.80. The van der Waals surface area contributed by atoms with Crippen molar-refractivity contribution in [3.05, 3.63) is 22.7 Å². The summed E-state index contributed by atoms with van der Waals surface area (Å²) < 4.78 is 1.77. The van der Waals surface area contributed by atoms with Gasteiger partial charge in [-0.05, 0) is 40.0 Å². The summed E-state index contributed by atoms with van der Waals surface area (Å²) in [6, 6.07) is 0.363. The lowest BCUT2D eigenvalue weighted by Crippen LogP contribution is -2.47. The zero-order valence-corrected chi connectivity index (χ0v) is 13.7. The zero-order valence-electron chi connectivity index (χ0n) is 13.7. The molecule has 0 aliphatic carbocycles. The third-order valence-electron chi connectivity index (χ3n) is 3.88. The Labute approximate surface area is 127 Å². The van der Waals surface area contributed by atoms with Crippen LogP contribution in [0, 0.1) is 0 Å². The second kappa shape index (κ2) is 6.60. The average molecular weight is 292 g/mol. The lowest BCUT2D eigenvalue weighted by molar-refractivity contribution is 0.404. The average Bonchev–Trinajstić information content (AvgIpc) is 2.86. The van der Waals surface area contributed by atoms with Gasteiger partial charge >= 0.3 is 0 Å². The molecule has 1 unspecified atom stereocenters. The number of aryl methyl sites for hydroxylation is 1. The molecule has 0 spiro atoms. The first kappa shape index (κ1) is 16.0. The summed E-state index contributed by atoms with van der Waals surface area (Å²) in [6.45, 7) is 11.2. The summed E-state index contributed by atoms with van der Waals surface area (Å²) in [5.74, 6) is 0.615. The van der Waals surface area contributed by atoms with Crippen LogP contribution in [0.3, 0.4) is 0 Å². The van der Waals surface area contributed by atoms with E-state index in [2.05, 4.69) is 42.9 Å². The maximum atomic E-state index is 12.5. The highest BCUT2D eigenvalue weighted by molar-refractivity contribution is 5.39. The van der Waals surface area contributed by atoms with Crippen molar-refractivity contribution in [1.82, 2.24) is 14.9 Å². The Bertz CT molecular complexity index is 518. The number of nitrogens with zero attached hydrogens (tertiary/aromatic N) is 3. The molecule has 21 heavy (non-hydrogen) atoms. The fraction of sp³-hybridized carbons (Fsp3) is 0.750.